The number of aromatic hydroxyl groups is 1. The van der Waals surface area contributed by atoms with Crippen LogP contribution in [-0.2, 0) is 0 Å². The molecule has 0 spiro atoms. The average molecular weight is 218 g/mol. The second-order valence-corrected chi connectivity index (χ2v) is 3.47. The van der Waals surface area contributed by atoms with Crippen LogP contribution >= 0.6 is 0 Å². The van der Waals surface area contributed by atoms with E-state index in [4.69, 9.17) is 10.8 Å². The van der Waals surface area contributed by atoms with E-state index < -0.39 is 5.97 Å². The van der Waals surface area contributed by atoms with Crippen LogP contribution in [-0.4, -0.2) is 21.2 Å². The summed E-state index contributed by atoms with van der Waals surface area (Å²) in [6.45, 7) is 1.55. The van der Waals surface area contributed by atoms with Crippen molar-refractivity contribution in [3.63, 3.8) is 0 Å². The van der Waals surface area contributed by atoms with Gasteiger partial charge in [0.2, 0.25) is 0 Å². The van der Waals surface area contributed by atoms with E-state index in [-0.39, 0.29) is 28.1 Å². The van der Waals surface area contributed by atoms with Crippen molar-refractivity contribution in [1.82, 2.24) is 4.98 Å². The number of aryl methyl sites for hydroxylation is 1. The maximum atomic E-state index is 11.1. The van der Waals surface area contributed by atoms with E-state index in [9.17, 15) is 9.90 Å². The normalized spacial score (nSPS) is 10.6. The van der Waals surface area contributed by atoms with E-state index in [2.05, 4.69) is 4.98 Å². The summed E-state index contributed by atoms with van der Waals surface area (Å²) in [6, 6.07) is 4.92. The van der Waals surface area contributed by atoms with Gasteiger partial charge in [-0.05, 0) is 19.1 Å². The van der Waals surface area contributed by atoms with E-state index in [1.54, 1.807) is 25.1 Å². The minimum Gasteiger partial charge on any atom is -0.505 e. The first-order valence-corrected chi connectivity index (χ1v) is 4.63. The summed E-state index contributed by atoms with van der Waals surface area (Å²) in [5.41, 5.74) is 6.53. The standard InChI is InChI=1S/C11H10N2O3/c1-5-10(14)9(11(15)16)8-6(12)3-2-4-7(8)13-5/h2-4,14H,12H2,1H3,(H,15,16). The number of nitrogen functional groups attached to an aromatic ring is 1. The number of carboxylic acids is 1. The van der Waals surface area contributed by atoms with Crippen molar-refractivity contribution < 1.29 is 15.0 Å². The zero-order valence-electron chi connectivity index (χ0n) is 8.56. The van der Waals surface area contributed by atoms with Crippen LogP contribution in [0.3, 0.4) is 0 Å². The Morgan fingerprint density at radius 1 is 1.44 bits per heavy atom. The van der Waals surface area contributed by atoms with Crippen LogP contribution in [0, 0.1) is 6.92 Å². The Labute approximate surface area is 91.2 Å². The lowest BCUT2D eigenvalue weighted by atomic mass is 10.0. The first-order valence-electron chi connectivity index (χ1n) is 4.63. The summed E-state index contributed by atoms with van der Waals surface area (Å²) in [5, 5.41) is 19.0. The third-order valence-electron chi connectivity index (χ3n) is 2.41. The van der Waals surface area contributed by atoms with Crippen molar-refractivity contribution in [2.75, 3.05) is 5.73 Å². The number of pyridine rings is 1. The van der Waals surface area contributed by atoms with Gasteiger partial charge in [-0.2, -0.15) is 0 Å². The minimum absolute atomic E-state index is 0.194. The summed E-state index contributed by atoms with van der Waals surface area (Å²) >= 11 is 0. The molecule has 0 saturated carbocycles. The molecule has 0 aliphatic heterocycles. The molecular formula is C11H10N2O3. The number of aromatic carboxylic acids is 1. The van der Waals surface area contributed by atoms with Gasteiger partial charge in [-0.25, -0.2) is 9.78 Å². The molecule has 0 fully saturated rings. The molecule has 4 N–H and O–H groups in total. The van der Waals surface area contributed by atoms with E-state index in [1.165, 1.54) is 0 Å². The summed E-state index contributed by atoms with van der Waals surface area (Å²) in [6.07, 6.45) is 0. The number of hydrogen-bond acceptors (Lipinski definition) is 4. The van der Waals surface area contributed by atoms with Gasteiger partial charge in [0.1, 0.15) is 5.56 Å². The van der Waals surface area contributed by atoms with E-state index >= 15 is 0 Å². The molecule has 2 aromatic rings. The highest BCUT2D eigenvalue weighted by atomic mass is 16.4. The van der Waals surface area contributed by atoms with E-state index in [1.807, 2.05) is 0 Å². The molecule has 2 rings (SSSR count). The van der Waals surface area contributed by atoms with E-state index in [0.29, 0.717) is 5.52 Å². The van der Waals surface area contributed by atoms with Crippen molar-refractivity contribution in [3.05, 3.63) is 29.5 Å². The maximum Gasteiger partial charge on any atom is 0.340 e. The number of carboxylic acid groups (broad SMARTS) is 1. The fourth-order valence-electron chi connectivity index (χ4n) is 1.66. The number of aromatic nitrogens is 1. The number of benzene rings is 1. The molecule has 0 unspecified atom stereocenters. The van der Waals surface area contributed by atoms with Gasteiger partial charge < -0.3 is 15.9 Å². The summed E-state index contributed by atoms with van der Waals surface area (Å²) < 4.78 is 0. The number of anilines is 1. The molecule has 5 nitrogen and oxygen atoms in total. The van der Waals surface area contributed by atoms with Crippen LogP contribution in [0.2, 0.25) is 0 Å². The molecule has 1 aromatic heterocycles. The van der Waals surface area contributed by atoms with Crippen molar-refractivity contribution in [1.29, 1.82) is 0 Å². The second-order valence-electron chi connectivity index (χ2n) is 3.47. The molecule has 16 heavy (non-hydrogen) atoms. The molecule has 5 heteroatoms. The lowest BCUT2D eigenvalue weighted by Crippen LogP contribution is -2.03. The molecule has 0 aliphatic rings. The molecule has 0 radical (unpaired) electrons. The topological polar surface area (TPSA) is 96.4 Å². The van der Waals surface area contributed by atoms with Crippen LogP contribution < -0.4 is 5.73 Å². The lowest BCUT2D eigenvalue weighted by molar-refractivity contribution is 0.0695. The lowest BCUT2D eigenvalue weighted by Gasteiger charge is -2.09. The third-order valence-corrected chi connectivity index (χ3v) is 2.41. The Hall–Kier alpha value is -2.30. The van der Waals surface area contributed by atoms with Crippen LogP contribution in [0.5, 0.6) is 5.75 Å². The molecule has 82 valence electrons. The smallest absolute Gasteiger partial charge is 0.340 e. The van der Waals surface area contributed by atoms with Crippen molar-refractivity contribution in [3.8, 4) is 5.75 Å². The zero-order chi connectivity index (χ0) is 11.9. The maximum absolute atomic E-state index is 11.1. The van der Waals surface area contributed by atoms with Gasteiger partial charge in [-0.15, -0.1) is 0 Å². The molecular weight excluding hydrogens is 208 g/mol. The summed E-state index contributed by atoms with van der Waals surface area (Å²) in [5.74, 6) is -1.55. The van der Waals surface area contributed by atoms with Crippen molar-refractivity contribution >= 4 is 22.6 Å². The average Bonchev–Trinajstić information content (AvgIpc) is 2.20. The SMILES string of the molecule is Cc1nc2cccc(N)c2c(C(=O)O)c1O. The Balaban J connectivity index is 3.03. The van der Waals surface area contributed by atoms with Gasteiger partial charge in [0.25, 0.3) is 0 Å². The van der Waals surface area contributed by atoms with Crippen molar-refractivity contribution in [2.45, 2.75) is 6.92 Å². The first kappa shape index (κ1) is 10.2. The third kappa shape index (κ3) is 1.33. The number of nitrogens with zero attached hydrogens (tertiary/aromatic N) is 1. The number of hydrogen-bond donors (Lipinski definition) is 3. The van der Waals surface area contributed by atoms with Gasteiger partial charge >= 0.3 is 5.97 Å². The molecule has 1 heterocycles. The Morgan fingerprint density at radius 2 is 2.12 bits per heavy atom. The molecule has 1 aromatic carbocycles. The van der Waals surface area contributed by atoms with Gasteiger partial charge in [-0.1, -0.05) is 6.07 Å². The second kappa shape index (κ2) is 3.37. The highest BCUT2D eigenvalue weighted by molar-refractivity contribution is 6.09. The summed E-state index contributed by atoms with van der Waals surface area (Å²) in [7, 11) is 0. The quantitative estimate of drug-likeness (QED) is 0.630. The summed E-state index contributed by atoms with van der Waals surface area (Å²) in [4.78, 5) is 15.2. The van der Waals surface area contributed by atoms with Crippen LogP contribution in [0.4, 0.5) is 5.69 Å². The monoisotopic (exact) mass is 218 g/mol. The minimum atomic E-state index is -1.22. The molecule has 0 saturated heterocycles. The van der Waals surface area contributed by atoms with Gasteiger partial charge in [0, 0.05) is 11.1 Å². The van der Waals surface area contributed by atoms with E-state index in [0.717, 1.165) is 0 Å². The molecule has 0 atom stereocenters. The number of rotatable bonds is 1. The fraction of sp³-hybridized carbons (Fsp3) is 0.0909. The van der Waals surface area contributed by atoms with Gasteiger partial charge in [0.05, 0.1) is 11.2 Å². The fourth-order valence-corrected chi connectivity index (χ4v) is 1.66. The first-order chi connectivity index (χ1) is 7.52. The highest BCUT2D eigenvalue weighted by Gasteiger charge is 2.19. The zero-order valence-corrected chi connectivity index (χ0v) is 8.56. The van der Waals surface area contributed by atoms with Crippen LogP contribution in [0.15, 0.2) is 18.2 Å². The van der Waals surface area contributed by atoms with Crippen LogP contribution in [0.1, 0.15) is 16.1 Å². The van der Waals surface area contributed by atoms with Crippen molar-refractivity contribution in [2.24, 2.45) is 0 Å². The molecule has 0 bridgehead atoms. The molecule has 0 amide bonds. The molecule has 0 aliphatic carbocycles. The Morgan fingerprint density at radius 3 is 2.75 bits per heavy atom. The Kier molecular flexibility index (Phi) is 2.16. The number of fused-ring (bicyclic) bond motifs is 1. The number of nitrogens with two attached hydrogens (primary N) is 1. The highest BCUT2D eigenvalue weighted by Crippen LogP contribution is 2.31. The Bertz CT molecular complexity index is 593. The largest absolute Gasteiger partial charge is 0.505 e. The van der Waals surface area contributed by atoms with Gasteiger partial charge in [0.15, 0.2) is 5.75 Å². The predicted molar refractivity (Wildman–Crippen MR) is 59.5 cm³/mol. The van der Waals surface area contributed by atoms with Gasteiger partial charge in [-0.3, -0.25) is 0 Å². The van der Waals surface area contributed by atoms with Crippen LogP contribution in [0.25, 0.3) is 10.9 Å². The number of carbonyl (C=O) groups is 1. The predicted octanol–water partition coefficient (Wildman–Crippen LogP) is 1.53.